The second-order valence-corrected chi connectivity index (χ2v) is 6.52. The molecule has 1 aliphatic carbocycles. The fraction of sp³-hybridized carbons (Fsp3) is 0.294. The van der Waals surface area contributed by atoms with Crippen LogP contribution in [0.4, 0.5) is 0 Å². The number of aromatic nitrogens is 1. The third-order valence-electron chi connectivity index (χ3n) is 4.32. The van der Waals surface area contributed by atoms with E-state index in [9.17, 15) is 9.59 Å². The van der Waals surface area contributed by atoms with Crippen molar-refractivity contribution in [3.8, 4) is 0 Å². The van der Waals surface area contributed by atoms with Crippen molar-refractivity contribution in [3.05, 3.63) is 68.5 Å². The Labute approximate surface area is 136 Å². The summed E-state index contributed by atoms with van der Waals surface area (Å²) in [5.41, 5.74) is 1.25. The van der Waals surface area contributed by atoms with Crippen LogP contribution < -0.4 is 5.56 Å². The number of benzene rings is 1. The second-order valence-electron chi connectivity index (χ2n) is 5.67. The van der Waals surface area contributed by atoms with Crippen molar-refractivity contribution in [1.82, 2.24) is 4.57 Å². The Morgan fingerprint density at radius 2 is 1.95 bits per heavy atom. The van der Waals surface area contributed by atoms with E-state index in [0.717, 1.165) is 19.3 Å². The standard InChI is InChI=1S/C17H16BrNO3/c18-15-9-13(17(21)22)10-19(16(15)20)14-7-6-12(8-14)11-4-2-1-3-5-11/h1-5,9-10,12,14H,6-8H2,(H,21,22)/t12-,14+/m0/s1. The van der Waals surface area contributed by atoms with Crippen LogP contribution >= 0.6 is 15.9 Å². The summed E-state index contributed by atoms with van der Waals surface area (Å²) in [6, 6.07) is 11.7. The number of hydrogen-bond donors (Lipinski definition) is 1. The summed E-state index contributed by atoms with van der Waals surface area (Å²) in [6.45, 7) is 0. The van der Waals surface area contributed by atoms with Gasteiger partial charge in [-0.2, -0.15) is 0 Å². The first-order chi connectivity index (χ1) is 10.6. The molecule has 0 saturated heterocycles. The van der Waals surface area contributed by atoms with E-state index in [1.54, 1.807) is 4.57 Å². The van der Waals surface area contributed by atoms with E-state index in [0.29, 0.717) is 10.4 Å². The molecular weight excluding hydrogens is 346 g/mol. The predicted octanol–water partition coefficient (Wildman–Crippen LogP) is 3.82. The van der Waals surface area contributed by atoms with E-state index in [-0.39, 0.29) is 17.2 Å². The van der Waals surface area contributed by atoms with Crippen LogP contribution in [0.5, 0.6) is 0 Å². The predicted molar refractivity (Wildman–Crippen MR) is 87.4 cm³/mol. The van der Waals surface area contributed by atoms with Crippen molar-refractivity contribution >= 4 is 21.9 Å². The summed E-state index contributed by atoms with van der Waals surface area (Å²) < 4.78 is 1.88. The highest BCUT2D eigenvalue weighted by atomic mass is 79.9. The fourth-order valence-electron chi connectivity index (χ4n) is 3.19. The number of carboxylic acid groups (broad SMARTS) is 1. The first-order valence-electron chi connectivity index (χ1n) is 7.26. The minimum atomic E-state index is -1.02. The number of nitrogens with zero attached hydrogens (tertiary/aromatic N) is 1. The lowest BCUT2D eigenvalue weighted by atomic mass is 9.97. The molecule has 5 heteroatoms. The highest BCUT2D eigenvalue weighted by Gasteiger charge is 2.28. The molecule has 4 nitrogen and oxygen atoms in total. The molecule has 0 spiro atoms. The highest BCUT2D eigenvalue weighted by Crippen LogP contribution is 2.40. The van der Waals surface area contributed by atoms with Gasteiger partial charge in [0.25, 0.3) is 5.56 Å². The van der Waals surface area contributed by atoms with E-state index < -0.39 is 5.97 Å². The topological polar surface area (TPSA) is 59.3 Å². The zero-order valence-electron chi connectivity index (χ0n) is 11.9. The van der Waals surface area contributed by atoms with E-state index >= 15 is 0 Å². The van der Waals surface area contributed by atoms with Crippen molar-refractivity contribution in [1.29, 1.82) is 0 Å². The number of aromatic carboxylic acids is 1. The zero-order chi connectivity index (χ0) is 15.7. The minimum Gasteiger partial charge on any atom is -0.478 e. The van der Waals surface area contributed by atoms with Gasteiger partial charge in [-0.25, -0.2) is 4.79 Å². The van der Waals surface area contributed by atoms with Crippen LogP contribution in [0.25, 0.3) is 0 Å². The van der Waals surface area contributed by atoms with Gasteiger partial charge in [0.2, 0.25) is 0 Å². The van der Waals surface area contributed by atoms with Gasteiger partial charge in [-0.3, -0.25) is 4.79 Å². The maximum absolute atomic E-state index is 12.3. The van der Waals surface area contributed by atoms with Crippen molar-refractivity contribution in [2.75, 3.05) is 0 Å². The molecule has 0 amide bonds. The Morgan fingerprint density at radius 3 is 2.64 bits per heavy atom. The van der Waals surface area contributed by atoms with Gasteiger partial charge in [-0.05, 0) is 52.7 Å². The van der Waals surface area contributed by atoms with Crippen LogP contribution in [0.15, 0.2) is 51.9 Å². The summed E-state index contributed by atoms with van der Waals surface area (Å²) in [6.07, 6.45) is 4.22. The van der Waals surface area contributed by atoms with Crippen LogP contribution in [0, 0.1) is 0 Å². The third kappa shape index (κ3) is 2.86. The first-order valence-corrected chi connectivity index (χ1v) is 8.05. The Bertz CT molecular complexity index is 754. The number of carboxylic acids is 1. The second kappa shape index (κ2) is 6.08. The van der Waals surface area contributed by atoms with Crippen molar-refractivity contribution in [2.24, 2.45) is 0 Å². The summed E-state index contributed by atoms with van der Waals surface area (Å²) in [4.78, 5) is 23.5. The molecule has 0 unspecified atom stereocenters. The van der Waals surface area contributed by atoms with Crippen LogP contribution in [-0.2, 0) is 0 Å². The molecule has 22 heavy (non-hydrogen) atoms. The first kappa shape index (κ1) is 15.0. The van der Waals surface area contributed by atoms with Gasteiger partial charge in [0.1, 0.15) is 0 Å². The summed E-state index contributed by atoms with van der Waals surface area (Å²) >= 11 is 3.18. The minimum absolute atomic E-state index is 0.0494. The zero-order valence-corrected chi connectivity index (χ0v) is 13.5. The molecule has 3 rings (SSSR count). The van der Waals surface area contributed by atoms with Gasteiger partial charge in [-0.15, -0.1) is 0 Å². The van der Waals surface area contributed by atoms with Gasteiger partial charge in [0.15, 0.2) is 0 Å². The molecule has 1 aliphatic rings. The molecule has 114 valence electrons. The molecule has 1 N–H and O–H groups in total. The lowest BCUT2D eigenvalue weighted by molar-refractivity contribution is 0.0695. The Hall–Kier alpha value is -1.88. The molecule has 1 heterocycles. The fourth-order valence-corrected chi connectivity index (χ4v) is 3.65. The maximum Gasteiger partial charge on any atom is 0.337 e. The van der Waals surface area contributed by atoms with Crippen molar-refractivity contribution in [2.45, 2.75) is 31.2 Å². The summed E-state index contributed by atoms with van der Waals surface area (Å²) in [7, 11) is 0. The number of rotatable bonds is 3. The van der Waals surface area contributed by atoms with Gasteiger partial charge >= 0.3 is 5.97 Å². The Balaban J connectivity index is 1.90. The van der Waals surface area contributed by atoms with Gasteiger partial charge in [-0.1, -0.05) is 30.3 Å². The van der Waals surface area contributed by atoms with E-state index in [1.807, 2.05) is 18.2 Å². The quantitative estimate of drug-likeness (QED) is 0.903. The maximum atomic E-state index is 12.3. The number of pyridine rings is 1. The van der Waals surface area contributed by atoms with Crippen molar-refractivity contribution < 1.29 is 9.90 Å². The Kier molecular flexibility index (Phi) is 4.16. The van der Waals surface area contributed by atoms with Gasteiger partial charge in [0, 0.05) is 12.2 Å². The third-order valence-corrected chi connectivity index (χ3v) is 4.88. The smallest absolute Gasteiger partial charge is 0.337 e. The summed E-state index contributed by atoms with van der Waals surface area (Å²) in [5.74, 6) is -0.600. The molecular formula is C17H16BrNO3. The van der Waals surface area contributed by atoms with Crippen LogP contribution in [-0.4, -0.2) is 15.6 Å². The normalized spacial score (nSPS) is 21.0. The van der Waals surface area contributed by atoms with Gasteiger partial charge in [0.05, 0.1) is 10.0 Å². The largest absolute Gasteiger partial charge is 0.478 e. The molecule has 1 saturated carbocycles. The average Bonchev–Trinajstić information content (AvgIpc) is 3.00. The highest BCUT2D eigenvalue weighted by molar-refractivity contribution is 9.10. The number of hydrogen-bond acceptors (Lipinski definition) is 2. The molecule has 2 aromatic rings. The van der Waals surface area contributed by atoms with Crippen LogP contribution in [0.1, 0.15) is 47.1 Å². The molecule has 0 radical (unpaired) electrons. The lowest BCUT2D eigenvalue weighted by Gasteiger charge is -2.16. The van der Waals surface area contributed by atoms with Gasteiger partial charge < -0.3 is 9.67 Å². The Morgan fingerprint density at radius 1 is 1.23 bits per heavy atom. The van der Waals surface area contributed by atoms with E-state index in [1.165, 1.54) is 17.8 Å². The van der Waals surface area contributed by atoms with Crippen molar-refractivity contribution in [3.63, 3.8) is 0 Å². The number of halogens is 1. The molecule has 2 atom stereocenters. The molecule has 1 fully saturated rings. The molecule has 1 aromatic heterocycles. The molecule has 0 aliphatic heterocycles. The monoisotopic (exact) mass is 361 g/mol. The molecule has 0 bridgehead atoms. The SMILES string of the molecule is O=C(O)c1cc(Br)c(=O)n([C@@H]2CC[C@H](c3ccccc3)C2)c1. The van der Waals surface area contributed by atoms with Crippen LogP contribution in [0.2, 0.25) is 0 Å². The van der Waals surface area contributed by atoms with E-state index in [4.69, 9.17) is 5.11 Å². The number of carbonyl (C=O) groups is 1. The lowest BCUT2D eigenvalue weighted by Crippen LogP contribution is -2.25. The summed E-state index contributed by atoms with van der Waals surface area (Å²) in [5, 5.41) is 9.16. The van der Waals surface area contributed by atoms with Crippen LogP contribution in [0.3, 0.4) is 0 Å². The van der Waals surface area contributed by atoms with E-state index in [2.05, 4.69) is 28.1 Å². The molecule has 1 aromatic carbocycles. The average molecular weight is 362 g/mol.